The van der Waals surface area contributed by atoms with Crippen LogP contribution in [0.15, 0.2) is 188 Å². The van der Waals surface area contributed by atoms with E-state index in [-0.39, 0.29) is 0 Å². The molecule has 242 valence electrons. The van der Waals surface area contributed by atoms with Gasteiger partial charge in [-0.15, -0.1) is 0 Å². The molecule has 0 N–H and O–H groups in total. The molecule has 3 heteroatoms. The van der Waals surface area contributed by atoms with E-state index >= 15 is 0 Å². The third kappa shape index (κ3) is 5.28. The van der Waals surface area contributed by atoms with Gasteiger partial charge in [0.15, 0.2) is 5.82 Å². The minimum atomic E-state index is 0.693. The van der Waals surface area contributed by atoms with E-state index < -0.39 is 0 Å². The molecule has 52 heavy (non-hydrogen) atoms. The van der Waals surface area contributed by atoms with Crippen molar-refractivity contribution >= 4 is 32.3 Å². The zero-order valence-electron chi connectivity index (χ0n) is 28.2. The van der Waals surface area contributed by atoms with Gasteiger partial charge in [0, 0.05) is 29.1 Å². The lowest BCUT2D eigenvalue weighted by Gasteiger charge is -2.14. The van der Waals surface area contributed by atoms with E-state index in [0.717, 1.165) is 39.2 Å². The Bertz CT molecular complexity index is 2730. The molecule has 0 saturated heterocycles. The summed E-state index contributed by atoms with van der Waals surface area (Å²) >= 11 is 0. The van der Waals surface area contributed by atoms with Crippen molar-refractivity contribution in [3.8, 4) is 67.3 Å². The maximum atomic E-state index is 5.16. The fourth-order valence-electron chi connectivity index (χ4n) is 7.49. The Hall–Kier alpha value is -6.97. The molecule has 0 fully saturated rings. The zero-order valence-corrected chi connectivity index (χ0v) is 28.2. The summed E-state index contributed by atoms with van der Waals surface area (Å²) in [7, 11) is 0. The van der Waals surface area contributed by atoms with Gasteiger partial charge in [-0.3, -0.25) is 4.98 Å². The van der Waals surface area contributed by atoms with Gasteiger partial charge in [-0.05, 0) is 77.8 Å². The van der Waals surface area contributed by atoms with Gasteiger partial charge in [-0.1, -0.05) is 164 Å². The maximum Gasteiger partial charge on any atom is 0.160 e. The summed E-state index contributed by atoms with van der Waals surface area (Å²) in [5, 5.41) is 7.74. The topological polar surface area (TPSA) is 38.7 Å². The number of aromatic nitrogens is 3. The molecule has 0 spiro atoms. The van der Waals surface area contributed by atoms with Gasteiger partial charge in [0.05, 0.1) is 11.4 Å². The third-order valence-electron chi connectivity index (χ3n) is 10.2. The molecule has 10 aromatic rings. The molecule has 0 atom stereocenters. The summed E-state index contributed by atoms with van der Waals surface area (Å²) in [6.45, 7) is 0. The molecule has 0 unspecified atom stereocenters. The van der Waals surface area contributed by atoms with Gasteiger partial charge in [0.25, 0.3) is 0 Å². The van der Waals surface area contributed by atoms with E-state index in [1.54, 1.807) is 6.20 Å². The highest BCUT2D eigenvalue weighted by atomic mass is 14.9. The molecule has 0 amide bonds. The molecular formula is C49H31N3. The monoisotopic (exact) mass is 661 g/mol. The van der Waals surface area contributed by atoms with E-state index in [0.29, 0.717) is 5.82 Å². The highest BCUT2D eigenvalue weighted by Gasteiger charge is 2.15. The summed E-state index contributed by atoms with van der Waals surface area (Å²) in [5.74, 6) is 0.693. The minimum absolute atomic E-state index is 0.693. The van der Waals surface area contributed by atoms with Gasteiger partial charge in [0.2, 0.25) is 0 Å². The Balaban J connectivity index is 1.06. The highest BCUT2D eigenvalue weighted by molar-refractivity contribution is 6.25. The van der Waals surface area contributed by atoms with Crippen molar-refractivity contribution in [2.24, 2.45) is 0 Å². The molecule has 2 aromatic heterocycles. The lowest BCUT2D eigenvalue weighted by Crippen LogP contribution is -1.96. The largest absolute Gasteiger partial charge is 0.264 e. The molecule has 3 nitrogen and oxygen atoms in total. The second-order valence-electron chi connectivity index (χ2n) is 13.3. The number of pyridine rings is 1. The van der Waals surface area contributed by atoms with E-state index in [1.807, 2.05) is 18.3 Å². The predicted octanol–water partition coefficient (Wildman–Crippen LogP) is 12.8. The van der Waals surface area contributed by atoms with Gasteiger partial charge in [-0.25, -0.2) is 9.97 Å². The van der Waals surface area contributed by atoms with Crippen molar-refractivity contribution in [3.05, 3.63) is 188 Å². The van der Waals surface area contributed by atoms with Crippen LogP contribution in [0.25, 0.3) is 99.6 Å². The van der Waals surface area contributed by atoms with Crippen LogP contribution in [-0.2, 0) is 0 Å². The SMILES string of the molecule is c1ccc(-c2ccc(-c3cc(-c4ccc(-c5cccnc5)cc4)nc(-c4ccc(-c5ccc6ccc7cccc8ccc5c6c78)cc4)n3)cc2)cc1. The molecule has 0 bridgehead atoms. The second-order valence-corrected chi connectivity index (χ2v) is 13.3. The summed E-state index contributed by atoms with van der Waals surface area (Å²) in [5.41, 5.74) is 11.8. The number of hydrogen-bond donors (Lipinski definition) is 0. The summed E-state index contributed by atoms with van der Waals surface area (Å²) in [6.07, 6.45) is 3.69. The van der Waals surface area contributed by atoms with E-state index in [1.165, 1.54) is 54.6 Å². The Kier molecular flexibility index (Phi) is 7.14. The van der Waals surface area contributed by atoms with Crippen LogP contribution in [0.5, 0.6) is 0 Å². The van der Waals surface area contributed by atoms with Crippen LogP contribution in [0.2, 0.25) is 0 Å². The van der Waals surface area contributed by atoms with Crippen LogP contribution in [0.3, 0.4) is 0 Å². The molecule has 2 heterocycles. The molecule has 0 aliphatic rings. The normalized spacial score (nSPS) is 11.5. The van der Waals surface area contributed by atoms with Crippen LogP contribution >= 0.6 is 0 Å². The van der Waals surface area contributed by atoms with Gasteiger partial charge >= 0.3 is 0 Å². The van der Waals surface area contributed by atoms with Crippen molar-refractivity contribution in [2.75, 3.05) is 0 Å². The van der Waals surface area contributed by atoms with E-state index in [9.17, 15) is 0 Å². The summed E-state index contributed by atoms with van der Waals surface area (Å²) in [6, 6.07) is 62.5. The summed E-state index contributed by atoms with van der Waals surface area (Å²) in [4.78, 5) is 14.6. The maximum absolute atomic E-state index is 5.16. The predicted molar refractivity (Wildman–Crippen MR) is 216 cm³/mol. The van der Waals surface area contributed by atoms with Crippen LogP contribution in [-0.4, -0.2) is 15.0 Å². The first-order chi connectivity index (χ1) is 25.7. The van der Waals surface area contributed by atoms with Crippen LogP contribution in [0.1, 0.15) is 0 Å². The fourth-order valence-corrected chi connectivity index (χ4v) is 7.49. The van der Waals surface area contributed by atoms with Crippen molar-refractivity contribution in [1.82, 2.24) is 15.0 Å². The molecule has 0 radical (unpaired) electrons. The standard InChI is InChI=1S/C49H31N3/c1-2-6-32(7-3-1)33-11-17-36(18-12-33)45-30-46(37-19-13-34(14-20-37)42-10-5-29-50-31-42)52-49(51-45)41-23-15-35(16-24-41)43-27-25-40-22-21-38-8-4-9-39-26-28-44(43)48(40)47(38)39/h1-31H. The smallest absolute Gasteiger partial charge is 0.160 e. The Labute approximate surface area is 301 Å². The number of hydrogen-bond acceptors (Lipinski definition) is 3. The van der Waals surface area contributed by atoms with E-state index in [2.05, 4.69) is 169 Å². The van der Waals surface area contributed by atoms with Crippen molar-refractivity contribution in [2.45, 2.75) is 0 Å². The Morgan fingerprint density at radius 3 is 1.50 bits per heavy atom. The fraction of sp³-hybridized carbons (Fsp3) is 0. The van der Waals surface area contributed by atoms with Gasteiger partial charge < -0.3 is 0 Å². The summed E-state index contributed by atoms with van der Waals surface area (Å²) < 4.78 is 0. The first-order valence-corrected chi connectivity index (χ1v) is 17.6. The van der Waals surface area contributed by atoms with Gasteiger partial charge in [0.1, 0.15) is 0 Å². The van der Waals surface area contributed by atoms with Crippen LogP contribution in [0.4, 0.5) is 0 Å². The average molecular weight is 662 g/mol. The molecule has 10 rings (SSSR count). The van der Waals surface area contributed by atoms with Crippen molar-refractivity contribution < 1.29 is 0 Å². The molecule has 8 aromatic carbocycles. The second kappa shape index (κ2) is 12.4. The molecule has 0 aliphatic heterocycles. The Morgan fingerprint density at radius 1 is 0.327 bits per heavy atom. The van der Waals surface area contributed by atoms with Crippen LogP contribution < -0.4 is 0 Å². The molecular weight excluding hydrogens is 631 g/mol. The lowest BCUT2D eigenvalue weighted by molar-refractivity contribution is 1.18. The lowest BCUT2D eigenvalue weighted by atomic mass is 9.90. The number of benzene rings is 8. The van der Waals surface area contributed by atoms with E-state index in [4.69, 9.17) is 9.97 Å². The van der Waals surface area contributed by atoms with Crippen LogP contribution in [0, 0.1) is 0 Å². The molecule has 0 saturated carbocycles. The molecule has 0 aliphatic carbocycles. The van der Waals surface area contributed by atoms with Crippen molar-refractivity contribution in [3.63, 3.8) is 0 Å². The Morgan fingerprint density at radius 2 is 0.846 bits per heavy atom. The van der Waals surface area contributed by atoms with Crippen molar-refractivity contribution in [1.29, 1.82) is 0 Å². The first-order valence-electron chi connectivity index (χ1n) is 17.6. The average Bonchev–Trinajstić information content (AvgIpc) is 3.23. The first kappa shape index (κ1) is 29.9. The minimum Gasteiger partial charge on any atom is -0.264 e. The number of rotatable bonds is 6. The van der Waals surface area contributed by atoms with Gasteiger partial charge in [-0.2, -0.15) is 0 Å². The zero-order chi connectivity index (χ0) is 34.4. The number of nitrogens with zero attached hydrogens (tertiary/aromatic N) is 3. The quantitative estimate of drug-likeness (QED) is 0.166. The third-order valence-corrected chi connectivity index (χ3v) is 10.2. The highest BCUT2D eigenvalue weighted by Crippen LogP contribution is 2.40.